The van der Waals surface area contributed by atoms with Crippen LogP contribution in [0.3, 0.4) is 0 Å². The van der Waals surface area contributed by atoms with Crippen molar-refractivity contribution in [3.05, 3.63) is 74.5 Å². The molecule has 3 rings (SSSR count). The molecule has 1 atom stereocenters. The van der Waals surface area contributed by atoms with Gasteiger partial charge in [-0.15, -0.1) is 0 Å². The number of pyridine rings is 1. The van der Waals surface area contributed by atoms with E-state index in [1.54, 1.807) is 0 Å². The lowest BCUT2D eigenvalue weighted by atomic mass is 10.1. The van der Waals surface area contributed by atoms with Gasteiger partial charge in [0.1, 0.15) is 16.5 Å². The number of rotatable bonds is 4. The van der Waals surface area contributed by atoms with E-state index in [4.69, 9.17) is 5.26 Å². The van der Waals surface area contributed by atoms with Crippen LogP contribution in [0.4, 0.5) is 13.2 Å². The number of aromatic nitrogens is 1. The van der Waals surface area contributed by atoms with Crippen LogP contribution in [-0.4, -0.2) is 22.1 Å². The number of nitrogens with one attached hydrogen (secondary N) is 1. The normalized spacial score (nSPS) is 12.3. The molecule has 160 valence electrons. The molecule has 31 heavy (non-hydrogen) atoms. The van der Waals surface area contributed by atoms with E-state index in [-0.39, 0.29) is 21.8 Å². The predicted octanol–water partition coefficient (Wildman–Crippen LogP) is 3.62. The molecule has 0 aliphatic rings. The lowest BCUT2D eigenvalue weighted by molar-refractivity contribution is -0.137. The summed E-state index contributed by atoms with van der Waals surface area (Å²) < 4.78 is 54.0. The molecular formula is C20H14F3N3O3S2. The van der Waals surface area contributed by atoms with Gasteiger partial charge in [0.25, 0.3) is 11.5 Å². The Morgan fingerprint density at radius 2 is 1.97 bits per heavy atom. The fourth-order valence-corrected chi connectivity index (χ4v) is 5.25. The Labute approximate surface area is 181 Å². The van der Waals surface area contributed by atoms with E-state index in [9.17, 15) is 27.3 Å². The first-order chi connectivity index (χ1) is 14.6. The SMILES string of the molecule is CNC(=O)c1cc([S+]([O-])c2ccc(C#N)s2)c(C)n(-c2cccc(C(F)(F)F)c2)c1=O. The van der Waals surface area contributed by atoms with E-state index in [2.05, 4.69) is 5.32 Å². The van der Waals surface area contributed by atoms with Crippen LogP contribution in [0.1, 0.15) is 26.5 Å². The average molecular weight is 465 g/mol. The van der Waals surface area contributed by atoms with Gasteiger partial charge in [-0.05, 0) is 31.2 Å². The van der Waals surface area contributed by atoms with Crippen molar-refractivity contribution in [3.8, 4) is 11.8 Å². The Morgan fingerprint density at radius 3 is 2.55 bits per heavy atom. The van der Waals surface area contributed by atoms with Gasteiger partial charge < -0.3 is 9.87 Å². The minimum atomic E-state index is -4.64. The molecule has 3 aromatic rings. The fourth-order valence-electron chi connectivity index (χ4n) is 2.89. The number of thiophene rings is 1. The third kappa shape index (κ3) is 4.36. The van der Waals surface area contributed by atoms with E-state index < -0.39 is 34.4 Å². The summed E-state index contributed by atoms with van der Waals surface area (Å²) in [5, 5.41) is 11.3. The first-order valence-electron chi connectivity index (χ1n) is 8.66. The maximum atomic E-state index is 13.2. The monoisotopic (exact) mass is 465 g/mol. The van der Waals surface area contributed by atoms with E-state index >= 15 is 0 Å². The molecule has 0 radical (unpaired) electrons. The van der Waals surface area contributed by atoms with Crippen LogP contribution < -0.4 is 10.9 Å². The molecule has 0 saturated carbocycles. The van der Waals surface area contributed by atoms with Gasteiger partial charge in [-0.1, -0.05) is 17.4 Å². The van der Waals surface area contributed by atoms with Gasteiger partial charge >= 0.3 is 6.18 Å². The van der Waals surface area contributed by atoms with Crippen LogP contribution in [0, 0.1) is 18.3 Å². The highest BCUT2D eigenvalue weighted by molar-refractivity contribution is 7.93. The summed E-state index contributed by atoms with van der Waals surface area (Å²) in [7, 11) is 1.30. The van der Waals surface area contributed by atoms with Crippen LogP contribution in [-0.2, 0) is 17.4 Å². The molecule has 1 unspecified atom stereocenters. The summed E-state index contributed by atoms with van der Waals surface area (Å²) in [6.07, 6.45) is -4.64. The minimum Gasteiger partial charge on any atom is -0.606 e. The summed E-state index contributed by atoms with van der Waals surface area (Å²) in [6.45, 7) is 1.43. The summed E-state index contributed by atoms with van der Waals surface area (Å²) >= 11 is -0.899. The number of hydrogen-bond donors (Lipinski definition) is 1. The largest absolute Gasteiger partial charge is 0.606 e. The molecule has 2 heterocycles. The lowest BCUT2D eigenvalue weighted by Gasteiger charge is -2.18. The van der Waals surface area contributed by atoms with Crippen LogP contribution in [0.25, 0.3) is 5.69 Å². The lowest BCUT2D eigenvalue weighted by Crippen LogP contribution is -2.33. The van der Waals surface area contributed by atoms with Gasteiger partial charge in [-0.25, -0.2) is 0 Å². The summed E-state index contributed by atoms with van der Waals surface area (Å²) in [4.78, 5) is 25.7. The molecule has 1 aromatic carbocycles. The van der Waals surface area contributed by atoms with Crippen molar-refractivity contribution in [1.29, 1.82) is 5.26 Å². The Bertz CT molecular complexity index is 1260. The van der Waals surface area contributed by atoms with Gasteiger partial charge in [0.15, 0.2) is 4.90 Å². The van der Waals surface area contributed by atoms with E-state index in [1.807, 2.05) is 6.07 Å². The summed E-state index contributed by atoms with van der Waals surface area (Å²) in [5.74, 6) is -0.770. The number of carbonyl (C=O) groups is 1. The molecule has 0 saturated heterocycles. The van der Waals surface area contributed by atoms with Crippen molar-refractivity contribution in [2.24, 2.45) is 0 Å². The number of alkyl halides is 3. The van der Waals surface area contributed by atoms with E-state index in [0.29, 0.717) is 9.09 Å². The van der Waals surface area contributed by atoms with Gasteiger partial charge in [0.05, 0.1) is 11.3 Å². The first-order valence-corrected chi connectivity index (χ1v) is 10.6. The molecule has 11 heteroatoms. The van der Waals surface area contributed by atoms with Gasteiger partial charge in [-0.2, -0.15) is 18.4 Å². The van der Waals surface area contributed by atoms with E-state index in [1.165, 1.54) is 38.2 Å². The number of amides is 1. The number of nitrogens with zero attached hydrogens (tertiary/aromatic N) is 2. The third-order valence-corrected chi connectivity index (χ3v) is 7.18. The Hall–Kier alpha value is -3.07. The van der Waals surface area contributed by atoms with Crippen molar-refractivity contribution in [1.82, 2.24) is 9.88 Å². The third-order valence-electron chi connectivity index (χ3n) is 4.38. The number of benzene rings is 1. The van der Waals surface area contributed by atoms with Crippen LogP contribution in [0.5, 0.6) is 0 Å². The van der Waals surface area contributed by atoms with Crippen molar-refractivity contribution >= 4 is 28.4 Å². The van der Waals surface area contributed by atoms with Crippen LogP contribution in [0.15, 0.2) is 56.4 Å². The van der Waals surface area contributed by atoms with Crippen molar-refractivity contribution in [2.75, 3.05) is 7.05 Å². The maximum Gasteiger partial charge on any atom is 0.416 e. The standard InChI is InChI=1S/C20H14F3N3O3S2/c1-11-16(31(29)17-7-6-14(10-24)30-17)9-15(18(27)25-2)19(28)26(11)13-5-3-4-12(8-13)20(21,22)23/h3-9H,1-2H3,(H,25,27). The zero-order valence-corrected chi connectivity index (χ0v) is 17.7. The van der Waals surface area contributed by atoms with Gasteiger partial charge in [0, 0.05) is 36.0 Å². The quantitative estimate of drug-likeness (QED) is 0.595. The molecule has 1 N–H and O–H groups in total. The number of nitriles is 1. The fraction of sp³-hybridized carbons (Fsp3) is 0.150. The second-order valence-corrected chi connectivity index (χ2v) is 9.03. The Kier molecular flexibility index (Phi) is 6.26. The van der Waals surface area contributed by atoms with Crippen molar-refractivity contribution in [2.45, 2.75) is 22.2 Å². The zero-order valence-electron chi connectivity index (χ0n) is 16.1. The first kappa shape index (κ1) is 22.6. The molecule has 0 fully saturated rings. The summed E-state index contributed by atoms with van der Waals surface area (Å²) in [5.41, 5.74) is -2.19. The van der Waals surface area contributed by atoms with Crippen molar-refractivity contribution in [3.63, 3.8) is 0 Å². The maximum absolute atomic E-state index is 13.2. The van der Waals surface area contributed by atoms with E-state index in [0.717, 1.165) is 34.1 Å². The van der Waals surface area contributed by atoms with Crippen LogP contribution in [0.2, 0.25) is 0 Å². The minimum absolute atomic E-state index is 0.0713. The van der Waals surface area contributed by atoms with Gasteiger partial charge in [0.2, 0.25) is 4.21 Å². The topological polar surface area (TPSA) is 97.9 Å². The zero-order chi connectivity index (χ0) is 22.9. The second-order valence-electron chi connectivity index (χ2n) is 6.27. The highest BCUT2D eigenvalue weighted by Crippen LogP contribution is 2.32. The molecule has 0 aliphatic carbocycles. The second kappa shape index (κ2) is 8.58. The molecule has 0 spiro atoms. The molecule has 0 aliphatic heterocycles. The summed E-state index contributed by atoms with van der Waals surface area (Å²) in [6, 6.07) is 10.2. The number of carbonyl (C=O) groups excluding carboxylic acids is 1. The van der Waals surface area contributed by atoms with Gasteiger partial charge in [-0.3, -0.25) is 14.2 Å². The molecule has 0 bridgehead atoms. The molecule has 1 amide bonds. The molecular weight excluding hydrogens is 451 g/mol. The van der Waals surface area contributed by atoms with Crippen LogP contribution >= 0.6 is 11.3 Å². The Morgan fingerprint density at radius 1 is 1.26 bits per heavy atom. The van der Waals surface area contributed by atoms with Crippen molar-refractivity contribution < 1.29 is 22.5 Å². The molecule has 6 nitrogen and oxygen atoms in total. The number of hydrogen-bond acceptors (Lipinski definition) is 5. The predicted molar refractivity (Wildman–Crippen MR) is 109 cm³/mol. The highest BCUT2D eigenvalue weighted by Gasteiger charge is 2.32. The number of halogens is 3. The Balaban J connectivity index is 2.29. The smallest absolute Gasteiger partial charge is 0.416 e. The average Bonchev–Trinajstić information content (AvgIpc) is 3.22. The molecule has 2 aromatic heterocycles. The highest BCUT2D eigenvalue weighted by atomic mass is 32.2.